The van der Waals surface area contributed by atoms with Gasteiger partial charge in [0.25, 0.3) is 0 Å². The number of aryl methyl sites for hydroxylation is 1. The maximum absolute atomic E-state index is 12.7. The number of sulfonamides is 1. The Hall–Kier alpha value is -1.11. The highest BCUT2D eigenvalue weighted by Gasteiger charge is 2.18. The molecule has 1 amide bonds. The smallest absolute Gasteiger partial charge is 0.407 e. The van der Waals surface area contributed by atoms with E-state index in [-0.39, 0.29) is 42.3 Å². The molecule has 0 fully saturated rings. The first-order valence-electron chi connectivity index (χ1n) is 16.2. The number of ether oxygens (including phenoxy) is 1. The van der Waals surface area contributed by atoms with E-state index >= 15 is 0 Å². The summed E-state index contributed by atoms with van der Waals surface area (Å²) in [6, 6.07) is 11.8. The van der Waals surface area contributed by atoms with Gasteiger partial charge in [0.1, 0.15) is 6.54 Å². The van der Waals surface area contributed by atoms with Crippen LogP contribution in [0.5, 0.6) is 0 Å². The second kappa shape index (κ2) is 25.1. The van der Waals surface area contributed by atoms with Gasteiger partial charge in [0.2, 0.25) is 15.5 Å². The third-order valence-corrected chi connectivity index (χ3v) is 10.3. The number of hydrogen-bond donors (Lipinski definition) is 2. The van der Waals surface area contributed by atoms with Gasteiger partial charge in [-0.15, -0.1) is 0 Å². The number of nitrogens with zero attached hydrogens (tertiary/aromatic N) is 1. The lowest BCUT2D eigenvalue weighted by Gasteiger charge is -2.18. The molecule has 1 aromatic carbocycles. The number of alkyl carbamates (subject to hydrolysis) is 1. The Balaban J connectivity index is 0.00000924. The molecule has 0 saturated carbocycles. The third-order valence-electron chi connectivity index (χ3n) is 7.62. The van der Waals surface area contributed by atoms with Crippen LogP contribution in [0, 0.1) is 0 Å². The van der Waals surface area contributed by atoms with Crippen molar-refractivity contribution in [3.8, 4) is 0 Å². The molecule has 2 rings (SSSR count). The van der Waals surface area contributed by atoms with E-state index in [1.807, 2.05) is 30.5 Å². The molecule has 0 aliphatic heterocycles. The Morgan fingerprint density at radius 2 is 1.44 bits per heavy atom. The molecule has 1 unspecified atom stereocenters. The number of unbranched alkanes of at least 4 members (excludes halogenated alkanes) is 13. The molecule has 1 aromatic heterocycles. The number of halogens is 1. The summed E-state index contributed by atoms with van der Waals surface area (Å²) >= 11 is 1.76. The van der Waals surface area contributed by atoms with Gasteiger partial charge in [-0.3, -0.25) is 0 Å². The van der Waals surface area contributed by atoms with E-state index in [0.717, 1.165) is 23.1 Å². The summed E-state index contributed by atoms with van der Waals surface area (Å²) in [6.45, 7) is 3.04. The van der Waals surface area contributed by atoms with Crippen molar-refractivity contribution in [2.24, 2.45) is 0 Å². The third kappa shape index (κ3) is 19.1. The fourth-order valence-electron chi connectivity index (χ4n) is 5.14. The largest absolute Gasteiger partial charge is 1.00 e. The van der Waals surface area contributed by atoms with E-state index in [0.29, 0.717) is 18.7 Å². The lowest BCUT2D eigenvalue weighted by molar-refractivity contribution is -0.671. The second-order valence-electron chi connectivity index (χ2n) is 11.3. The highest BCUT2D eigenvalue weighted by atomic mass is 127. The molecular weight excluding hydrogens is 693 g/mol. The summed E-state index contributed by atoms with van der Waals surface area (Å²) in [5, 5.41) is 3.91. The quantitative estimate of drug-likeness (QED) is 0.0895. The molecule has 43 heavy (non-hydrogen) atoms. The molecular formula is C33H56IN3O4S2. The van der Waals surface area contributed by atoms with Crippen molar-refractivity contribution < 1.29 is 46.5 Å². The van der Waals surface area contributed by atoms with E-state index in [1.165, 1.54) is 90.6 Å². The molecule has 2 aromatic rings. The molecule has 246 valence electrons. The fourth-order valence-corrected chi connectivity index (χ4v) is 7.31. The van der Waals surface area contributed by atoms with Crippen LogP contribution in [0.3, 0.4) is 0 Å². The Morgan fingerprint density at radius 1 is 0.860 bits per heavy atom. The van der Waals surface area contributed by atoms with Crippen molar-refractivity contribution in [2.45, 2.75) is 116 Å². The van der Waals surface area contributed by atoms with E-state index < -0.39 is 16.1 Å². The number of pyridine rings is 1. The van der Waals surface area contributed by atoms with Crippen LogP contribution in [0.1, 0.15) is 103 Å². The van der Waals surface area contributed by atoms with E-state index in [2.05, 4.69) is 33.7 Å². The van der Waals surface area contributed by atoms with Crippen LogP contribution in [0.25, 0.3) is 10.9 Å². The topological polar surface area (TPSA) is 88.4 Å². The molecule has 7 nitrogen and oxygen atoms in total. The van der Waals surface area contributed by atoms with Crippen LogP contribution < -0.4 is 38.6 Å². The van der Waals surface area contributed by atoms with E-state index in [4.69, 9.17) is 4.74 Å². The Morgan fingerprint density at radius 3 is 2.07 bits per heavy atom. The number of benzene rings is 1. The number of fused-ring (bicyclic) bond motifs is 1. The maximum Gasteiger partial charge on any atom is 0.407 e. The van der Waals surface area contributed by atoms with Gasteiger partial charge >= 0.3 is 6.09 Å². The molecule has 2 N–H and O–H groups in total. The van der Waals surface area contributed by atoms with Gasteiger partial charge in [0, 0.05) is 36.2 Å². The number of thioether (sulfide) groups is 1. The van der Waals surface area contributed by atoms with Gasteiger partial charge in [-0.2, -0.15) is 16.3 Å². The van der Waals surface area contributed by atoms with Crippen LogP contribution >= 0.6 is 11.8 Å². The van der Waals surface area contributed by atoms with E-state index in [9.17, 15) is 13.2 Å². The lowest BCUT2D eigenvalue weighted by atomic mass is 10.0. The van der Waals surface area contributed by atoms with Crippen molar-refractivity contribution in [3.63, 3.8) is 0 Å². The monoisotopic (exact) mass is 749 g/mol. The van der Waals surface area contributed by atoms with Gasteiger partial charge in [-0.05, 0) is 24.3 Å². The predicted octanol–water partition coefficient (Wildman–Crippen LogP) is 4.38. The molecule has 0 saturated heterocycles. The van der Waals surface area contributed by atoms with Gasteiger partial charge in [-0.25, -0.2) is 17.9 Å². The summed E-state index contributed by atoms with van der Waals surface area (Å²) in [7, 11) is -2.15. The maximum atomic E-state index is 12.7. The number of rotatable bonds is 25. The number of carbonyl (C=O) groups excluding carboxylic acids is 1. The van der Waals surface area contributed by atoms with Crippen molar-refractivity contribution >= 4 is 38.8 Å². The van der Waals surface area contributed by atoms with Crippen molar-refractivity contribution in [1.82, 2.24) is 10.0 Å². The molecule has 0 bridgehead atoms. The molecule has 0 aliphatic rings. The number of nitrogens with one attached hydrogen (secondary N) is 2. The van der Waals surface area contributed by atoms with E-state index in [1.54, 1.807) is 11.8 Å². The second-order valence-corrected chi connectivity index (χ2v) is 14.4. The lowest BCUT2D eigenvalue weighted by Crippen LogP contribution is -3.00. The SMILES string of the molecule is CCCCCCCCCCCCCCCCSCC(CNS(=O)(=O)CCC[n+]1cccc2ccccc21)NC(=O)OC.[I-]. The number of amides is 1. The average molecular weight is 750 g/mol. The number of methoxy groups -OCH3 is 1. The van der Waals surface area contributed by atoms with Crippen LogP contribution in [0.2, 0.25) is 0 Å². The van der Waals surface area contributed by atoms with Gasteiger partial charge in [0.05, 0.1) is 18.9 Å². The minimum atomic E-state index is -3.47. The highest BCUT2D eigenvalue weighted by Crippen LogP contribution is 2.14. The van der Waals surface area contributed by atoms with Gasteiger partial charge in [-0.1, -0.05) is 103 Å². The highest BCUT2D eigenvalue weighted by molar-refractivity contribution is 7.99. The normalized spacial score (nSPS) is 12.1. The summed E-state index contributed by atoms with van der Waals surface area (Å²) in [6.07, 6.45) is 20.7. The Labute approximate surface area is 283 Å². The van der Waals surface area contributed by atoms with Crippen molar-refractivity contribution in [3.05, 3.63) is 42.6 Å². The average Bonchev–Trinajstić information content (AvgIpc) is 2.99. The Bertz CT molecular complexity index is 1100. The zero-order valence-corrected chi connectivity index (χ0v) is 30.3. The van der Waals surface area contributed by atoms with Crippen molar-refractivity contribution in [2.75, 3.05) is 30.9 Å². The van der Waals surface area contributed by atoms with Crippen LogP contribution in [0.4, 0.5) is 4.79 Å². The minimum absolute atomic E-state index is 0. The number of hydrogen-bond acceptors (Lipinski definition) is 5. The molecule has 0 aliphatic carbocycles. The zero-order chi connectivity index (χ0) is 30.3. The predicted molar refractivity (Wildman–Crippen MR) is 178 cm³/mol. The number of aromatic nitrogens is 1. The fraction of sp³-hybridized carbons (Fsp3) is 0.697. The van der Waals surface area contributed by atoms with Gasteiger partial charge in [0.15, 0.2) is 6.20 Å². The molecule has 10 heteroatoms. The first-order valence-corrected chi connectivity index (χ1v) is 19.0. The minimum Gasteiger partial charge on any atom is -1.00 e. The summed E-state index contributed by atoms with van der Waals surface area (Å²) in [4.78, 5) is 11.8. The van der Waals surface area contributed by atoms with Crippen molar-refractivity contribution in [1.29, 1.82) is 0 Å². The molecule has 0 radical (unpaired) electrons. The van der Waals surface area contributed by atoms with Gasteiger partial charge < -0.3 is 34.0 Å². The summed E-state index contributed by atoms with van der Waals surface area (Å²) < 4.78 is 34.9. The zero-order valence-electron chi connectivity index (χ0n) is 26.5. The standard InChI is InChI=1S/C33H55N3O4S2.HI/c1-3-4-5-6-7-8-9-10-11-12-13-14-15-18-26-41-29-31(35-33(37)40-2)28-34-42(38,39)27-20-25-36-24-19-22-30-21-16-17-23-32(30)36;/h16-17,19,21-24,31,34H,3-15,18,20,25-29H2,1-2H3;1H. The first kappa shape index (κ1) is 39.9. The summed E-state index contributed by atoms with van der Waals surface area (Å²) in [5.41, 5.74) is 1.09. The van der Waals surface area contributed by atoms with Crippen LogP contribution in [0.15, 0.2) is 42.6 Å². The molecule has 1 heterocycles. The molecule has 1 atom stereocenters. The Kier molecular flexibility index (Phi) is 23.3. The number of para-hydroxylation sites is 1. The van der Waals surface area contributed by atoms with Crippen LogP contribution in [-0.2, 0) is 21.3 Å². The van der Waals surface area contributed by atoms with Crippen LogP contribution in [-0.4, -0.2) is 51.5 Å². The first-order chi connectivity index (χ1) is 20.4. The summed E-state index contributed by atoms with van der Waals surface area (Å²) in [5.74, 6) is 1.68. The molecule has 0 spiro atoms. The number of carbonyl (C=O) groups is 1.